The topological polar surface area (TPSA) is 122 Å². The van der Waals surface area contributed by atoms with E-state index in [-0.39, 0.29) is 10.6 Å². The smallest absolute Gasteiger partial charge is 0.325 e. The molecule has 0 unspecified atom stereocenters. The van der Waals surface area contributed by atoms with Crippen molar-refractivity contribution in [2.45, 2.75) is 12.5 Å². The molecule has 0 bridgehead atoms. The molecule has 1 aliphatic heterocycles. The third kappa shape index (κ3) is 3.18. The van der Waals surface area contributed by atoms with Crippen molar-refractivity contribution in [1.82, 2.24) is 10.2 Å². The van der Waals surface area contributed by atoms with Crippen LogP contribution in [0.25, 0.3) is 10.8 Å². The van der Waals surface area contributed by atoms with Gasteiger partial charge < -0.3 is 16.4 Å². The van der Waals surface area contributed by atoms with Crippen LogP contribution in [0.3, 0.4) is 0 Å². The van der Waals surface area contributed by atoms with Gasteiger partial charge in [-0.05, 0) is 34.7 Å². The first-order chi connectivity index (χ1) is 14.3. The first-order valence-corrected chi connectivity index (χ1v) is 9.99. The highest BCUT2D eigenvalue weighted by molar-refractivity contribution is 7.14. The summed E-state index contributed by atoms with van der Waals surface area (Å²) in [6, 6.07) is 13.9. The second kappa shape index (κ2) is 7.27. The zero-order valence-electron chi connectivity index (χ0n) is 16.0. The summed E-state index contributed by atoms with van der Waals surface area (Å²) in [7, 11) is 0. The van der Waals surface area contributed by atoms with Crippen molar-refractivity contribution in [3.05, 3.63) is 65.0 Å². The van der Waals surface area contributed by atoms with Gasteiger partial charge in [-0.15, -0.1) is 11.3 Å². The first-order valence-electron chi connectivity index (χ1n) is 9.11. The molecule has 2 heterocycles. The first kappa shape index (κ1) is 19.6. The summed E-state index contributed by atoms with van der Waals surface area (Å²) in [6.07, 6.45) is 0. The number of primary amides is 1. The van der Waals surface area contributed by atoms with Crippen molar-refractivity contribution in [2.24, 2.45) is 5.73 Å². The van der Waals surface area contributed by atoms with E-state index in [4.69, 9.17) is 5.73 Å². The quantitative estimate of drug-likeness (QED) is 0.547. The summed E-state index contributed by atoms with van der Waals surface area (Å²) >= 11 is 1.13. The van der Waals surface area contributed by atoms with E-state index < -0.39 is 35.8 Å². The Morgan fingerprint density at radius 1 is 1.13 bits per heavy atom. The Hall–Kier alpha value is -3.72. The molecule has 4 N–H and O–H groups in total. The van der Waals surface area contributed by atoms with Crippen LogP contribution >= 0.6 is 11.3 Å². The molecule has 0 saturated carbocycles. The highest BCUT2D eigenvalue weighted by atomic mass is 32.1. The van der Waals surface area contributed by atoms with Crippen LogP contribution in [-0.4, -0.2) is 35.2 Å². The Labute approximate surface area is 175 Å². The van der Waals surface area contributed by atoms with Crippen molar-refractivity contribution in [3.8, 4) is 0 Å². The highest BCUT2D eigenvalue weighted by Gasteiger charge is 2.50. The second-order valence-electron chi connectivity index (χ2n) is 7.05. The van der Waals surface area contributed by atoms with Gasteiger partial charge in [-0.25, -0.2) is 4.79 Å². The number of carbonyl (C=O) groups excluding carboxylic acids is 4. The number of nitrogens with zero attached hydrogens (tertiary/aromatic N) is 1. The lowest BCUT2D eigenvalue weighted by Gasteiger charge is -2.24. The summed E-state index contributed by atoms with van der Waals surface area (Å²) in [5, 5.41) is 8.92. The maximum Gasteiger partial charge on any atom is 0.325 e. The van der Waals surface area contributed by atoms with E-state index in [1.165, 1.54) is 6.07 Å². The molecular formula is C21H18N4O4S. The second-order valence-corrected chi connectivity index (χ2v) is 7.97. The average molecular weight is 422 g/mol. The molecule has 0 aliphatic carbocycles. The molecule has 2 aromatic carbocycles. The number of amides is 5. The SMILES string of the molecule is C[C@]1(c2cccc3ccccc23)NC(=O)N(CC(=O)Nc2sccc2C(N)=O)C1=O. The van der Waals surface area contributed by atoms with Gasteiger partial charge in [0.2, 0.25) is 5.91 Å². The largest absolute Gasteiger partial charge is 0.366 e. The van der Waals surface area contributed by atoms with Gasteiger partial charge in [0, 0.05) is 0 Å². The van der Waals surface area contributed by atoms with Crippen molar-refractivity contribution in [3.63, 3.8) is 0 Å². The maximum atomic E-state index is 13.2. The zero-order valence-corrected chi connectivity index (χ0v) is 16.8. The molecule has 5 amide bonds. The molecule has 1 saturated heterocycles. The van der Waals surface area contributed by atoms with Gasteiger partial charge in [-0.3, -0.25) is 19.3 Å². The lowest BCUT2D eigenvalue weighted by atomic mass is 9.88. The molecule has 1 aromatic heterocycles. The number of rotatable bonds is 5. The van der Waals surface area contributed by atoms with Gasteiger partial charge in [0.25, 0.3) is 11.8 Å². The van der Waals surface area contributed by atoms with E-state index in [0.717, 1.165) is 27.0 Å². The third-order valence-electron chi connectivity index (χ3n) is 5.09. The number of carbonyl (C=O) groups is 4. The van der Waals surface area contributed by atoms with Gasteiger partial charge >= 0.3 is 6.03 Å². The Morgan fingerprint density at radius 3 is 2.63 bits per heavy atom. The van der Waals surface area contributed by atoms with E-state index in [2.05, 4.69) is 10.6 Å². The number of thiophene rings is 1. The monoisotopic (exact) mass is 422 g/mol. The average Bonchev–Trinajstić information content (AvgIpc) is 3.26. The van der Waals surface area contributed by atoms with Crippen LogP contribution in [-0.2, 0) is 15.1 Å². The maximum absolute atomic E-state index is 13.2. The zero-order chi connectivity index (χ0) is 21.5. The molecule has 30 heavy (non-hydrogen) atoms. The lowest BCUT2D eigenvalue weighted by molar-refractivity contribution is -0.133. The Balaban J connectivity index is 1.59. The molecule has 8 nitrogen and oxygen atoms in total. The van der Waals surface area contributed by atoms with Crippen molar-refractivity contribution >= 4 is 50.9 Å². The van der Waals surface area contributed by atoms with Crippen LogP contribution < -0.4 is 16.4 Å². The standard InChI is InChI=1S/C21H18N4O4S/c1-21(15-8-4-6-12-5-2-3-7-13(12)15)19(28)25(20(29)24-21)11-16(26)23-18-14(17(22)27)9-10-30-18/h2-10H,11H2,1H3,(H2,22,27)(H,23,26)(H,24,29)/t21-/m1/s1. The van der Waals surface area contributed by atoms with Crippen molar-refractivity contribution in [2.75, 3.05) is 11.9 Å². The molecule has 0 spiro atoms. The lowest BCUT2D eigenvalue weighted by Crippen LogP contribution is -2.42. The molecule has 1 atom stereocenters. The molecule has 1 aliphatic rings. The van der Waals surface area contributed by atoms with E-state index >= 15 is 0 Å². The van der Waals surface area contributed by atoms with Crippen molar-refractivity contribution < 1.29 is 19.2 Å². The Morgan fingerprint density at radius 2 is 1.87 bits per heavy atom. The predicted molar refractivity (Wildman–Crippen MR) is 113 cm³/mol. The molecule has 9 heteroatoms. The van der Waals surface area contributed by atoms with E-state index in [1.54, 1.807) is 18.4 Å². The number of nitrogens with one attached hydrogen (secondary N) is 2. The summed E-state index contributed by atoms with van der Waals surface area (Å²) in [6.45, 7) is 1.14. The van der Waals surface area contributed by atoms with Crippen LogP contribution in [0.4, 0.5) is 9.80 Å². The molecule has 152 valence electrons. The van der Waals surface area contributed by atoms with E-state index in [0.29, 0.717) is 5.56 Å². The van der Waals surface area contributed by atoms with Gasteiger partial charge in [0.05, 0.1) is 5.56 Å². The van der Waals surface area contributed by atoms with Crippen LogP contribution in [0.15, 0.2) is 53.9 Å². The predicted octanol–water partition coefficient (Wildman–Crippen LogP) is 2.41. The molecule has 3 aromatic rings. The van der Waals surface area contributed by atoms with Crippen molar-refractivity contribution in [1.29, 1.82) is 0 Å². The van der Waals surface area contributed by atoms with Crippen LogP contribution in [0.1, 0.15) is 22.8 Å². The minimum absolute atomic E-state index is 0.172. The fraction of sp³-hybridized carbons (Fsp3) is 0.143. The molecule has 4 rings (SSSR count). The number of anilines is 1. The Kier molecular flexibility index (Phi) is 4.75. The normalized spacial score (nSPS) is 18.5. The Bertz CT molecular complexity index is 1200. The van der Waals surface area contributed by atoms with E-state index in [9.17, 15) is 19.2 Å². The number of fused-ring (bicyclic) bond motifs is 1. The fourth-order valence-electron chi connectivity index (χ4n) is 3.59. The minimum atomic E-state index is -1.31. The number of imide groups is 1. The molecule has 0 radical (unpaired) electrons. The van der Waals surface area contributed by atoms with Gasteiger partial charge in [-0.2, -0.15) is 0 Å². The summed E-state index contributed by atoms with van der Waals surface area (Å²) in [5.41, 5.74) is 4.79. The number of hydrogen-bond acceptors (Lipinski definition) is 5. The van der Waals surface area contributed by atoms with Gasteiger partial charge in [-0.1, -0.05) is 42.5 Å². The van der Waals surface area contributed by atoms with Crippen LogP contribution in [0.2, 0.25) is 0 Å². The fourth-order valence-corrected chi connectivity index (χ4v) is 4.40. The summed E-state index contributed by atoms with van der Waals surface area (Å²) < 4.78 is 0. The van der Waals surface area contributed by atoms with Gasteiger partial charge in [0.1, 0.15) is 17.1 Å². The van der Waals surface area contributed by atoms with Crippen LogP contribution in [0, 0.1) is 0 Å². The molecular weight excluding hydrogens is 404 g/mol. The number of benzene rings is 2. The number of nitrogens with two attached hydrogens (primary N) is 1. The minimum Gasteiger partial charge on any atom is -0.366 e. The third-order valence-corrected chi connectivity index (χ3v) is 5.92. The highest BCUT2D eigenvalue weighted by Crippen LogP contribution is 2.34. The summed E-state index contributed by atoms with van der Waals surface area (Å²) in [4.78, 5) is 50.5. The number of hydrogen-bond donors (Lipinski definition) is 3. The molecule has 1 fully saturated rings. The number of urea groups is 1. The summed E-state index contributed by atoms with van der Waals surface area (Å²) in [5.74, 6) is -1.81. The van der Waals surface area contributed by atoms with Gasteiger partial charge in [0.15, 0.2) is 0 Å². The van der Waals surface area contributed by atoms with Crippen LogP contribution in [0.5, 0.6) is 0 Å². The van der Waals surface area contributed by atoms with E-state index in [1.807, 2.05) is 36.4 Å².